The molecular weight excluding hydrogens is 408 g/mol. The van der Waals surface area contributed by atoms with Gasteiger partial charge in [0.05, 0.1) is 5.56 Å². The standard InChI is InChI=1S/C29H44N2O2/c1-4-7-9-10-11-12-13-15-17-28-30-22-26(23-31-28)29(32)33-27(6-3)25-20-18-24(19-21-25)16-14-8-5-2/h18-23,27H,4-17H2,1-3H3. The largest absolute Gasteiger partial charge is 0.454 e. The van der Waals surface area contributed by atoms with Gasteiger partial charge in [0, 0.05) is 18.8 Å². The molecule has 1 aromatic carbocycles. The normalized spacial score (nSPS) is 12.0. The Labute approximate surface area is 201 Å². The maximum absolute atomic E-state index is 12.6. The summed E-state index contributed by atoms with van der Waals surface area (Å²) in [5, 5.41) is 0. The van der Waals surface area contributed by atoms with E-state index in [2.05, 4.69) is 48.1 Å². The van der Waals surface area contributed by atoms with Gasteiger partial charge in [-0.25, -0.2) is 14.8 Å². The van der Waals surface area contributed by atoms with Crippen LogP contribution in [0.4, 0.5) is 0 Å². The summed E-state index contributed by atoms with van der Waals surface area (Å²) in [7, 11) is 0. The van der Waals surface area contributed by atoms with Gasteiger partial charge in [0.2, 0.25) is 0 Å². The van der Waals surface area contributed by atoms with Crippen molar-refractivity contribution in [3.05, 3.63) is 59.2 Å². The summed E-state index contributed by atoms with van der Waals surface area (Å²) in [6, 6.07) is 8.49. The molecule has 0 spiro atoms. The van der Waals surface area contributed by atoms with Crippen LogP contribution in [-0.4, -0.2) is 15.9 Å². The van der Waals surface area contributed by atoms with Crippen molar-refractivity contribution in [3.8, 4) is 0 Å². The molecule has 1 aromatic heterocycles. The maximum atomic E-state index is 12.6. The van der Waals surface area contributed by atoms with Crippen molar-refractivity contribution in [1.29, 1.82) is 0 Å². The maximum Gasteiger partial charge on any atom is 0.341 e. The molecule has 0 saturated carbocycles. The van der Waals surface area contributed by atoms with Crippen LogP contribution in [0.5, 0.6) is 0 Å². The summed E-state index contributed by atoms with van der Waals surface area (Å²) >= 11 is 0. The molecule has 0 bridgehead atoms. The highest BCUT2D eigenvalue weighted by Crippen LogP contribution is 2.23. The van der Waals surface area contributed by atoms with Crippen molar-refractivity contribution >= 4 is 5.97 Å². The van der Waals surface area contributed by atoms with Crippen LogP contribution in [0.15, 0.2) is 36.7 Å². The Hall–Kier alpha value is -2.23. The second-order valence-corrected chi connectivity index (χ2v) is 9.11. The van der Waals surface area contributed by atoms with Crippen molar-refractivity contribution in [2.75, 3.05) is 0 Å². The number of ether oxygens (including phenoxy) is 1. The number of aryl methyl sites for hydroxylation is 2. The Morgan fingerprint density at radius 2 is 1.30 bits per heavy atom. The highest BCUT2D eigenvalue weighted by atomic mass is 16.5. The lowest BCUT2D eigenvalue weighted by Gasteiger charge is -2.17. The van der Waals surface area contributed by atoms with Crippen molar-refractivity contribution in [3.63, 3.8) is 0 Å². The van der Waals surface area contributed by atoms with Gasteiger partial charge in [0.1, 0.15) is 11.9 Å². The summed E-state index contributed by atoms with van der Waals surface area (Å²) in [5.74, 6) is 0.454. The van der Waals surface area contributed by atoms with Gasteiger partial charge in [-0.15, -0.1) is 0 Å². The summed E-state index contributed by atoms with van der Waals surface area (Å²) in [6.07, 6.45) is 19.7. The first-order valence-electron chi connectivity index (χ1n) is 13.3. The minimum Gasteiger partial charge on any atom is -0.454 e. The zero-order valence-electron chi connectivity index (χ0n) is 21.2. The van der Waals surface area contributed by atoms with Crippen molar-refractivity contribution < 1.29 is 9.53 Å². The smallest absolute Gasteiger partial charge is 0.341 e. The van der Waals surface area contributed by atoms with Crippen LogP contribution < -0.4 is 0 Å². The van der Waals surface area contributed by atoms with Crippen molar-refractivity contribution in [2.45, 2.75) is 117 Å². The highest BCUT2D eigenvalue weighted by Gasteiger charge is 2.17. The lowest BCUT2D eigenvalue weighted by Crippen LogP contribution is -2.12. The molecule has 0 aliphatic carbocycles. The molecule has 0 fully saturated rings. The zero-order valence-corrected chi connectivity index (χ0v) is 21.2. The van der Waals surface area contributed by atoms with E-state index < -0.39 is 0 Å². The van der Waals surface area contributed by atoms with Crippen molar-refractivity contribution in [2.24, 2.45) is 0 Å². The fraction of sp³-hybridized carbons (Fsp3) is 0.621. The number of hydrogen-bond donors (Lipinski definition) is 0. The number of esters is 1. The first-order valence-corrected chi connectivity index (χ1v) is 13.3. The van der Waals surface area contributed by atoms with E-state index in [1.165, 1.54) is 69.8 Å². The number of benzene rings is 1. The number of rotatable bonds is 17. The third-order valence-electron chi connectivity index (χ3n) is 6.24. The minimum absolute atomic E-state index is 0.251. The van der Waals surface area contributed by atoms with E-state index >= 15 is 0 Å². The van der Waals surface area contributed by atoms with Gasteiger partial charge < -0.3 is 4.74 Å². The number of aromatic nitrogens is 2. The molecule has 0 N–H and O–H groups in total. The fourth-order valence-electron chi connectivity index (χ4n) is 4.07. The minimum atomic E-state index is -0.354. The molecule has 0 saturated heterocycles. The molecule has 2 rings (SSSR count). The first-order chi connectivity index (χ1) is 16.2. The molecule has 2 aromatic rings. The molecule has 182 valence electrons. The van der Waals surface area contributed by atoms with E-state index in [9.17, 15) is 4.79 Å². The molecule has 33 heavy (non-hydrogen) atoms. The van der Waals surface area contributed by atoms with E-state index in [0.29, 0.717) is 5.56 Å². The molecule has 0 aliphatic heterocycles. The summed E-state index contributed by atoms with van der Waals surface area (Å²) in [6.45, 7) is 6.51. The second-order valence-electron chi connectivity index (χ2n) is 9.11. The average Bonchev–Trinajstić information content (AvgIpc) is 2.85. The third-order valence-corrected chi connectivity index (χ3v) is 6.24. The topological polar surface area (TPSA) is 52.1 Å². The van der Waals surface area contributed by atoms with Crippen molar-refractivity contribution in [1.82, 2.24) is 9.97 Å². The number of nitrogens with zero attached hydrogens (tertiary/aromatic N) is 2. The van der Waals surface area contributed by atoms with Crippen LogP contribution >= 0.6 is 0 Å². The monoisotopic (exact) mass is 452 g/mol. The molecule has 0 aliphatic rings. The highest BCUT2D eigenvalue weighted by molar-refractivity contribution is 5.88. The molecule has 1 heterocycles. The molecule has 1 unspecified atom stereocenters. The fourth-order valence-corrected chi connectivity index (χ4v) is 4.07. The van der Waals surface area contributed by atoms with Crippen LogP contribution in [0.3, 0.4) is 0 Å². The molecule has 0 radical (unpaired) electrons. The predicted octanol–water partition coefficient (Wildman–Crippen LogP) is 8.20. The SMILES string of the molecule is CCCCCCCCCCc1ncc(C(=O)OC(CC)c2ccc(CCCCC)cc2)cn1. The lowest BCUT2D eigenvalue weighted by molar-refractivity contribution is 0.0286. The van der Waals surface area contributed by atoms with Gasteiger partial charge in [0.15, 0.2) is 0 Å². The Bertz CT molecular complexity index is 771. The summed E-state index contributed by atoms with van der Waals surface area (Å²) < 4.78 is 5.78. The van der Waals surface area contributed by atoms with E-state index in [-0.39, 0.29) is 12.1 Å². The van der Waals surface area contributed by atoms with Gasteiger partial charge in [0.25, 0.3) is 0 Å². The van der Waals surface area contributed by atoms with Crippen LogP contribution in [0.2, 0.25) is 0 Å². The van der Waals surface area contributed by atoms with Gasteiger partial charge in [-0.2, -0.15) is 0 Å². The van der Waals surface area contributed by atoms with E-state index in [4.69, 9.17) is 4.74 Å². The number of carbonyl (C=O) groups is 1. The quantitative estimate of drug-likeness (QED) is 0.179. The van der Waals surface area contributed by atoms with E-state index in [0.717, 1.165) is 37.1 Å². The van der Waals surface area contributed by atoms with Crippen LogP contribution in [0, 0.1) is 0 Å². The molecule has 4 nitrogen and oxygen atoms in total. The molecule has 4 heteroatoms. The molecule has 1 atom stereocenters. The summed E-state index contributed by atoms with van der Waals surface area (Å²) in [5.41, 5.74) is 2.80. The third kappa shape index (κ3) is 10.5. The number of hydrogen-bond acceptors (Lipinski definition) is 4. The van der Waals surface area contributed by atoms with E-state index in [1.807, 2.05) is 6.92 Å². The van der Waals surface area contributed by atoms with Gasteiger partial charge in [-0.05, 0) is 36.8 Å². The zero-order chi connectivity index (χ0) is 23.7. The Kier molecular flexibility index (Phi) is 13.4. The van der Waals surface area contributed by atoms with Crippen LogP contribution in [0.25, 0.3) is 0 Å². The number of carbonyl (C=O) groups excluding carboxylic acids is 1. The second kappa shape index (κ2) is 16.4. The Morgan fingerprint density at radius 3 is 1.91 bits per heavy atom. The Morgan fingerprint density at radius 1 is 0.758 bits per heavy atom. The van der Waals surface area contributed by atoms with Gasteiger partial charge in [-0.3, -0.25) is 0 Å². The van der Waals surface area contributed by atoms with Crippen LogP contribution in [0.1, 0.15) is 131 Å². The average molecular weight is 453 g/mol. The van der Waals surface area contributed by atoms with Gasteiger partial charge in [-0.1, -0.05) is 103 Å². The molecular formula is C29H44N2O2. The van der Waals surface area contributed by atoms with Crippen LogP contribution in [-0.2, 0) is 17.6 Å². The number of unbranched alkanes of at least 4 members (excludes halogenated alkanes) is 9. The predicted molar refractivity (Wildman–Crippen MR) is 136 cm³/mol. The molecule has 0 amide bonds. The lowest BCUT2D eigenvalue weighted by atomic mass is 10.0. The Balaban J connectivity index is 1.76. The van der Waals surface area contributed by atoms with Gasteiger partial charge >= 0.3 is 5.97 Å². The van der Waals surface area contributed by atoms with E-state index in [1.54, 1.807) is 12.4 Å². The summed E-state index contributed by atoms with van der Waals surface area (Å²) in [4.78, 5) is 21.4. The first kappa shape index (κ1) is 27.0.